The normalized spacial score (nSPS) is 11.4. The zero-order chi connectivity index (χ0) is 20.7. The number of para-hydroxylation sites is 1. The Bertz CT molecular complexity index is 1430. The number of rotatable bonds is 4. The minimum Gasteiger partial charge on any atom is -0.291 e. The first-order chi connectivity index (χ1) is 14.6. The van der Waals surface area contributed by atoms with E-state index in [4.69, 9.17) is 16.6 Å². The minimum atomic E-state index is -0.120. The Morgan fingerprint density at radius 1 is 1.07 bits per heavy atom. The Hall–Kier alpha value is -3.16. The quantitative estimate of drug-likeness (QED) is 0.304. The maximum atomic E-state index is 13.4. The van der Waals surface area contributed by atoms with E-state index in [-0.39, 0.29) is 5.56 Å². The van der Waals surface area contributed by atoms with Crippen molar-refractivity contribution >= 4 is 40.0 Å². The van der Waals surface area contributed by atoms with Gasteiger partial charge < -0.3 is 0 Å². The van der Waals surface area contributed by atoms with E-state index in [1.54, 1.807) is 16.8 Å². The van der Waals surface area contributed by atoms with Crippen molar-refractivity contribution in [2.75, 3.05) is 0 Å². The summed E-state index contributed by atoms with van der Waals surface area (Å²) in [6.45, 7) is 1.90. The molecule has 0 spiro atoms. The van der Waals surface area contributed by atoms with Crippen molar-refractivity contribution in [3.05, 3.63) is 93.8 Å². The molecule has 5 aromatic rings. The van der Waals surface area contributed by atoms with E-state index < -0.39 is 0 Å². The predicted molar refractivity (Wildman–Crippen MR) is 120 cm³/mol. The van der Waals surface area contributed by atoms with Crippen molar-refractivity contribution < 1.29 is 0 Å². The van der Waals surface area contributed by atoms with Crippen LogP contribution in [0, 0.1) is 6.92 Å². The third kappa shape index (κ3) is 3.26. The van der Waals surface area contributed by atoms with Gasteiger partial charge in [0.05, 0.1) is 22.3 Å². The fourth-order valence-electron chi connectivity index (χ4n) is 3.35. The highest BCUT2D eigenvalue weighted by atomic mass is 35.5. The Morgan fingerprint density at radius 3 is 2.80 bits per heavy atom. The molecular weight excluding hydrogens is 418 g/mol. The molecule has 3 heterocycles. The molecule has 0 fully saturated rings. The van der Waals surface area contributed by atoms with Gasteiger partial charge >= 0.3 is 0 Å². The lowest BCUT2D eigenvalue weighted by Crippen LogP contribution is -2.22. The molecule has 0 atom stereocenters. The number of thioether (sulfide) groups is 1. The van der Waals surface area contributed by atoms with Gasteiger partial charge in [-0.15, -0.1) is 0 Å². The number of nitrogens with zero attached hydrogens (tertiary/aromatic N) is 5. The van der Waals surface area contributed by atoms with Crippen LogP contribution in [0.2, 0.25) is 5.02 Å². The summed E-state index contributed by atoms with van der Waals surface area (Å²) in [6.07, 6.45) is 5.55. The summed E-state index contributed by atoms with van der Waals surface area (Å²) in [5.74, 6) is 1.19. The highest BCUT2D eigenvalue weighted by Gasteiger charge is 2.16. The van der Waals surface area contributed by atoms with Crippen LogP contribution in [-0.2, 0) is 5.75 Å². The first-order valence-corrected chi connectivity index (χ1v) is 10.7. The van der Waals surface area contributed by atoms with Gasteiger partial charge in [0.25, 0.3) is 5.56 Å². The van der Waals surface area contributed by atoms with Crippen molar-refractivity contribution in [2.24, 2.45) is 0 Å². The molecule has 0 bridgehead atoms. The van der Waals surface area contributed by atoms with Crippen molar-refractivity contribution in [3.8, 4) is 5.69 Å². The number of fused-ring (bicyclic) bond motifs is 2. The van der Waals surface area contributed by atoms with Gasteiger partial charge in [0, 0.05) is 29.4 Å². The van der Waals surface area contributed by atoms with E-state index in [9.17, 15) is 4.79 Å². The second kappa shape index (κ2) is 7.59. The van der Waals surface area contributed by atoms with Crippen LogP contribution in [0.4, 0.5) is 0 Å². The molecule has 148 valence electrons. The molecule has 0 unspecified atom stereocenters. The molecule has 0 aliphatic heterocycles. The average Bonchev–Trinajstić information content (AvgIpc) is 3.18. The molecule has 0 N–H and O–H groups in total. The first-order valence-electron chi connectivity index (χ1n) is 9.30. The summed E-state index contributed by atoms with van der Waals surface area (Å²) in [6, 6.07) is 14.8. The SMILES string of the molecule is Cc1c(Cl)cccc1-n1c(SCc2cn3cccnc3n2)nc2ccccc2c1=O. The predicted octanol–water partition coefficient (Wildman–Crippen LogP) is 4.68. The van der Waals surface area contributed by atoms with Crippen LogP contribution in [0.3, 0.4) is 0 Å². The number of benzene rings is 2. The van der Waals surface area contributed by atoms with Gasteiger partial charge in [0.2, 0.25) is 5.78 Å². The third-order valence-corrected chi connectivity index (χ3v) is 6.24. The summed E-state index contributed by atoms with van der Waals surface area (Å²) >= 11 is 7.80. The van der Waals surface area contributed by atoms with Gasteiger partial charge in [-0.1, -0.05) is 41.6 Å². The van der Waals surface area contributed by atoms with Crippen molar-refractivity contribution in [2.45, 2.75) is 17.8 Å². The van der Waals surface area contributed by atoms with E-state index in [0.29, 0.717) is 32.6 Å². The van der Waals surface area contributed by atoms with Crippen LogP contribution in [-0.4, -0.2) is 23.9 Å². The largest absolute Gasteiger partial charge is 0.291 e. The maximum absolute atomic E-state index is 13.4. The molecule has 3 aromatic heterocycles. The lowest BCUT2D eigenvalue weighted by molar-refractivity contribution is 0.814. The summed E-state index contributed by atoms with van der Waals surface area (Å²) in [5.41, 5.74) is 2.96. The minimum absolute atomic E-state index is 0.120. The van der Waals surface area contributed by atoms with E-state index >= 15 is 0 Å². The molecule has 0 saturated heterocycles. The second-order valence-corrected chi connectivity index (χ2v) is 8.13. The van der Waals surface area contributed by atoms with Crippen molar-refractivity contribution in [1.29, 1.82) is 0 Å². The van der Waals surface area contributed by atoms with E-state index in [1.807, 2.05) is 66.2 Å². The van der Waals surface area contributed by atoms with Gasteiger partial charge in [0.15, 0.2) is 5.16 Å². The lowest BCUT2D eigenvalue weighted by Gasteiger charge is -2.15. The third-order valence-electron chi connectivity index (χ3n) is 4.86. The van der Waals surface area contributed by atoms with Crippen LogP contribution in [0.5, 0.6) is 0 Å². The molecular formula is C22H16ClN5OS. The Labute approximate surface area is 181 Å². The molecule has 30 heavy (non-hydrogen) atoms. The Kier molecular flexibility index (Phi) is 4.77. The van der Waals surface area contributed by atoms with Crippen LogP contribution < -0.4 is 5.56 Å². The second-order valence-electron chi connectivity index (χ2n) is 6.78. The van der Waals surface area contributed by atoms with Gasteiger partial charge in [-0.05, 0) is 42.8 Å². The summed E-state index contributed by atoms with van der Waals surface area (Å²) < 4.78 is 3.51. The molecule has 6 nitrogen and oxygen atoms in total. The number of hydrogen-bond acceptors (Lipinski definition) is 5. The van der Waals surface area contributed by atoms with Gasteiger partial charge in [-0.3, -0.25) is 13.8 Å². The standard InChI is InChI=1S/C22H16ClN5OS/c1-14-17(23)7-4-9-19(14)28-20(29)16-6-2-3-8-18(16)26-22(28)30-13-15-12-27-11-5-10-24-21(27)25-15/h2-12H,13H2,1H3. The Morgan fingerprint density at radius 2 is 1.93 bits per heavy atom. The fraction of sp³-hybridized carbons (Fsp3) is 0.0909. The van der Waals surface area contributed by atoms with Gasteiger partial charge in [-0.2, -0.15) is 0 Å². The highest BCUT2D eigenvalue weighted by molar-refractivity contribution is 7.98. The summed E-state index contributed by atoms with van der Waals surface area (Å²) in [7, 11) is 0. The molecule has 8 heteroatoms. The van der Waals surface area contributed by atoms with Crippen LogP contribution in [0.1, 0.15) is 11.3 Å². The first kappa shape index (κ1) is 18.8. The zero-order valence-electron chi connectivity index (χ0n) is 16.0. The molecule has 0 amide bonds. The smallest absolute Gasteiger partial charge is 0.266 e. The van der Waals surface area contributed by atoms with Crippen LogP contribution in [0.15, 0.2) is 77.1 Å². The molecule has 5 rings (SSSR count). The molecule has 0 saturated carbocycles. The zero-order valence-corrected chi connectivity index (χ0v) is 17.6. The highest BCUT2D eigenvalue weighted by Crippen LogP contribution is 2.28. The topological polar surface area (TPSA) is 65.1 Å². The van der Waals surface area contributed by atoms with Gasteiger partial charge in [-0.25, -0.2) is 15.0 Å². The maximum Gasteiger partial charge on any atom is 0.266 e. The summed E-state index contributed by atoms with van der Waals surface area (Å²) in [4.78, 5) is 27.0. The Balaban J connectivity index is 1.64. The number of halogens is 1. The van der Waals surface area contributed by atoms with Crippen LogP contribution >= 0.6 is 23.4 Å². The van der Waals surface area contributed by atoms with Crippen molar-refractivity contribution in [1.82, 2.24) is 23.9 Å². The van der Waals surface area contributed by atoms with E-state index in [0.717, 1.165) is 16.9 Å². The molecule has 0 aliphatic rings. The van der Waals surface area contributed by atoms with E-state index in [2.05, 4.69) is 9.97 Å². The average molecular weight is 434 g/mol. The number of imidazole rings is 1. The lowest BCUT2D eigenvalue weighted by atomic mass is 10.2. The van der Waals surface area contributed by atoms with Gasteiger partial charge in [0.1, 0.15) is 0 Å². The monoisotopic (exact) mass is 433 g/mol. The molecule has 0 radical (unpaired) electrons. The van der Waals surface area contributed by atoms with E-state index in [1.165, 1.54) is 11.8 Å². The fourth-order valence-corrected chi connectivity index (χ4v) is 4.41. The molecule has 2 aromatic carbocycles. The van der Waals surface area contributed by atoms with Crippen molar-refractivity contribution in [3.63, 3.8) is 0 Å². The molecule has 0 aliphatic carbocycles. The van der Waals surface area contributed by atoms with Crippen LogP contribution in [0.25, 0.3) is 22.4 Å². The summed E-state index contributed by atoms with van der Waals surface area (Å²) in [5, 5.41) is 1.77. The number of hydrogen-bond donors (Lipinski definition) is 0. The number of aromatic nitrogens is 5.